The molecule has 0 spiro atoms. The first-order chi connectivity index (χ1) is 12.6. The fourth-order valence-electron chi connectivity index (χ4n) is 3.57. The summed E-state index contributed by atoms with van der Waals surface area (Å²) in [6.45, 7) is 1.18. The molecular weight excluding hydrogens is 335 g/mol. The molecule has 1 aliphatic rings. The molecule has 26 heavy (non-hydrogen) atoms. The van der Waals surface area contributed by atoms with Crippen LogP contribution in [0, 0.1) is 5.82 Å². The number of likely N-dealkylation sites (tertiary alicyclic amines) is 1. The van der Waals surface area contributed by atoms with E-state index in [-0.39, 0.29) is 24.2 Å². The maximum Gasteiger partial charge on any atom is 0.279 e. The van der Waals surface area contributed by atoms with E-state index in [0.717, 1.165) is 41.3 Å². The van der Waals surface area contributed by atoms with Gasteiger partial charge < -0.3 is 19.7 Å². The number of hydrogen-bond donors (Lipinski definition) is 2. The number of amides is 1. The highest BCUT2D eigenvalue weighted by atomic mass is 19.1. The van der Waals surface area contributed by atoms with Gasteiger partial charge in [0.05, 0.1) is 32.0 Å². The number of nitrogens with one attached hydrogen (secondary N) is 2. The van der Waals surface area contributed by atoms with Gasteiger partial charge in [-0.1, -0.05) is 12.1 Å². The van der Waals surface area contributed by atoms with E-state index in [1.165, 1.54) is 6.07 Å². The summed E-state index contributed by atoms with van der Waals surface area (Å²) in [5, 5.41) is 2.67. The zero-order valence-corrected chi connectivity index (χ0v) is 15.0. The van der Waals surface area contributed by atoms with Crippen LogP contribution in [0.15, 0.2) is 42.5 Å². The number of hydrogen-bond acceptors (Lipinski definition) is 3. The lowest BCUT2D eigenvalue weighted by atomic mass is 10.0. The van der Waals surface area contributed by atoms with Gasteiger partial charge in [0.2, 0.25) is 0 Å². The monoisotopic (exact) mass is 359 g/mol. The topological polar surface area (TPSA) is 52.0 Å². The molecule has 1 fully saturated rings. The average molecular weight is 359 g/mol. The summed E-state index contributed by atoms with van der Waals surface area (Å²) >= 11 is 0. The Hall–Kier alpha value is -2.60. The van der Waals surface area contributed by atoms with E-state index < -0.39 is 5.82 Å². The van der Waals surface area contributed by atoms with Crippen LogP contribution in [0.1, 0.15) is 24.4 Å². The molecule has 1 saturated heterocycles. The molecule has 1 heterocycles. The fourth-order valence-corrected chi connectivity index (χ4v) is 3.57. The van der Waals surface area contributed by atoms with Crippen molar-refractivity contribution in [3.63, 3.8) is 0 Å². The Balaban J connectivity index is 1.72. The molecule has 138 valence electrons. The zero-order valence-electron chi connectivity index (χ0n) is 15.0. The maximum absolute atomic E-state index is 13.7. The molecular formula is C20H24FN2O3+. The Kier molecular flexibility index (Phi) is 5.73. The van der Waals surface area contributed by atoms with E-state index in [1.807, 2.05) is 18.2 Å². The highest BCUT2D eigenvalue weighted by Crippen LogP contribution is 2.31. The van der Waals surface area contributed by atoms with Crippen LogP contribution in [0.25, 0.3) is 0 Å². The summed E-state index contributed by atoms with van der Waals surface area (Å²) in [5.74, 6) is 0.890. The molecule has 2 aromatic rings. The van der Waals surface area contributed by atoms with E-state index in [0.29, 0.717) is 0 Å². The van der Waals surface area contributed by atoms with E-state index in [1.54, 1.807) is 32.4 Å². The van der Waals surface area contributed by atoms with Gasteiger partial charge in [-0.3, -0.25) is 4.79 Å². The van der Waals surface area contributed by atoms with Crippen LogP contribution >= 0.6 is 0 Å². The SMILES string of the molecule is COc1ccc([C@H]2CCC[NH+]2CC(=O)Nc2ccccc2F)c(OC)c1. The van der Waals surface area contributed by atoms with Crippen LogP contribution in [-0.4, -0.2) is 33.2 Å². The lowest BCUT2D eigenvalue weighted by Crippen LogP contribution is -3.11. The summed E-state index contributed by atoms with van der Waals surface area (Å²) in [5.41, 5.74) is 1.29. The second kappa shape index (κ2) is 8.19. The molecule has 1 unspecified atom stereocenters. The number of rotatable bonds is 6. The molecule has 0 saturated carbocycles. The Morgan fingerprint density at radius 3 is 2.77 bits per heavy atom. The van der Waals surface area contributed by atoms with E-state index >= 15 is 0 Å². The van der Waals surface area contributed by atoms with Gasteiger partial charge in [0.15, 0.2) is 6.54 Å². The number of quaternary nitrogens is 1. The maximum atomic E-state index is 13.7. The van der Waals surface area contributed by atoms with Crippen molar-refractivity contribution in [2.45, 2.75) is 18.9 Å². The van der Waals surface area contributed by atoms with Crippen LogP contribution in [0.5, 0.6) is 11.5 Å². The lowest BCUT2D eigenvalue weighted by Gasteiger charge is -2.23. The number of halogens is 1. The largest absolute Gasteiger partial charge is 0.497 e. The molecule has 5 nitrogen and oxygen atoms in total. The number of carbonyl (C=O) groups excluding carboxylic acids is 1. The van der Waals surface area contributed by atoms with E-state index in [4.69, 9.17) is 9.47 Å². The Labute approximate surface area is 152 Å². The van der Waals surface area contributed by atoms with Gasteiger partial charge in [-0.25, -0.2) is 4.39 Å². The van der Waals surface area contributed by atoms with Crippen LogP contribution in [0.3, 0.4) is 0 Å². The number of carbonyl (C=O) groups is 1. The molecule has 1 aliphatic heterocycles. The van der Waals surface area contributed by atoms with Crippen molar-refractivity contribution >= 4 is 11.6 Å². The van der Waals surface area contributed by atoms with Gasteiger partial charge >= 0.3 is 0 Å². The molecule has 2 N–H and O–H groups in total. The summed E-state index contributed by atoms with van der Waals surface area (Å²) in [6.07, 6.45) is 2.01. The summed E-state index contributed by atoms with van der Waals surface area (Å²) in [6, 6.07) is 12.2. The van der Waals surface area contributed by atoms with Crippen molar-refractivity contribution < 1.29 is 23.6 Å². The van der Waals surface area contributed by atoms with Crippen molar-refractivity contribution in [2.75, 3.05) is 32.6 Å². The number of para-hydroxylation sites is 1. The number of anilines is 1. The third-order valence-electron chi connectivity index (χ3n) is 4.84. The van der Waals surface area contributed by atoms with Crippen LogP contribution < -0.4 is 19.7 Å². The average Bonchev–Trinajstić information content (AvgIpc) is 3.10. The fraction of sp³-hybridized carbons (Fsp3) is 0.350. The highest BCUT2D eigenvalue weighted by molar-refractivity contribution is 5.91. The molecule has 1 amide bonds. The normalized spacial score (nSPS) is 19.2. The Bertz CT molecular complexity index is 781. The summed E-state index contributed by atoms with van der Waals surface area (Å²) in [4.78, 5) is 13.6. The molecule has 0 radical (unpaired) electrons. The molecule has 0 aromatic heterocycles. The lowest BCUT2D eigenvalue weighted by molar-refractivity contribution is -0.910. The van der Waals surface area contributed by atoms with Gasteiger partial charge in [0.1, 0.15) is 23.4 Å². The predicted molar refractivity (Wildman–Crippen MR) is 97.2 cm³/mol. The van der Waals surface area contributed by atoms with Crippen molar-refractivity contribution in [1.29, 1.82) is 0 Å². The smallest absolute Gasteiger partial charge is 0.279 e. The van der Waals surface area contributed by atoms with Crippen molar-refractivity contribution in [3.8, 4) is 11.5 Å². The van der Waals surface area contributed by atoms with Crippen molar-refractivity contribution in [3.05, 3.63) is 53.8 Å². The first-order valence-corrected chi connectivity index (χ1v) is 8.73. The second-order valence-electron chi connectivity index (χ2n) is 6.42. The van der Waals surface area contributed by atoms with Gasteiger partial charge in [-0.05, 0) is 24.3 Å². The second-order valence-corrected chi connectivity index (χ2v) is 6.42. The Morgan fingerprint density at radius 1 is 1.23 bits per heavy atom. The third kappa shape index (κ3) is 3.96. The molecule has 0 bridgehead atoms. The zero-order chi connectivity index (χ0) is 18.5. The van der Waals surface area contributed by atoms with Crippen molar-refractivity contribution in [1.82, 2.24) is 0 Å². The predicted octanol–water partition coefficient (Wildman–Crippen LogP) is 2.20. The first kappa shape index (κ1) is 18.2. The van der Waals surface area contributed by atoms with Gasteiger partial charge in [-0.15, -0.1) is 0 Å². The quantitative estimate of drug-likeness (QED) is 0.831. The first-order valence-electron chi connectivity index (χ1n) is 8.73. The minimum Gasteiger partial charge on any atom is -0.497 e. The molecule has 6 heteroatoms. The van der Waals surface area contributed by atoms with Crippen LogP contribution in [-0.2, 0) is 4.79 Å². The van der Waals surface area contributed by atoms with Gasteiger partial charge in [-0.2, -0.15) is 0 Å². The highest BCUT2D eigenvalue weighted by Gasteiger charge is 2.33. The van der Waals surface area contributed by atoms with Crippen molar-refractivity contribution in [2.24, 2.45) is 0 Å². The number of methoxy groups -OCH3 is 2. The molecule has 3 rings (SSSR count). The molecule has 2 aromatic carbocycles. The number of ether oxygens (including phenoxy) is 2. The van der Waals surface area contributed by atoms with Gasteiger partial charge in [0.25, 0.3) is 5.91 Å². The van der Waals surface area contributed by atoms with E-state index in [2.05, 4.69) is 5.32 Å². The number of benzene rings is 2. The third-order valence-corrected chi connectivity index (χ3v) is 4.84. The van der Waals surface area contributed by atoms with E-state index in [9.17, 15) is 9.18 Å². The van der Waals surface area contributed by atoms with Gasteiger partial charge in [0, 0.05) is 18.9 Å². The Morgan fingerprint density at radius 2 is 2.04 bits per heavy atom. The minimum atomic E-state index is -0.425. The molecule has 2 atom stereocenters. The summed E-state index contributed by atoms with van der Waals surface area (Å²) < 4.78 is 24.5. The van der Waals surface area contributed by atoms with Crippen LogP contribution in [0.2, 0.25) is 0 Å². The van der Waals surface area contributed by atoms with Crippen LogP contribution in [0.4, 0.5) is 10.1 Å². The minimum absolute atomic E-state index is 0.169. The summed E-state index contributed by atoms with van der Waals surface area (Å²) in [7, 11) is 3.26. The molecule has 0 aliphatic carbocycles. The standard InChI is InChI=1S/C20H23FN2O3/c1-25-14-9-10-15(19(12-14)26-2)18-8-5-11-23(18)13-20(24)22-17-7-4-3-6-16(17)21/h3-4,6-7,9-10,12,18H,5,8,11,13H2,1-2H3,(H,22,24)/p+1/t18-/m1/s1.